The summed E-state index contributed by atoms with van der Waals surface area (Å²) in [6, 6.07) is 33.3. The van der Waals surface area contributed by atoms with E-state index in [1.807, 2.05) is 36.4 Å². The van der Waals surface area contributed by atoms with Crippen molar-refractivity contribution in [2.45, 2.75) is 79.1 Å². The summed E-state index contributed by atoms with van der Waals surface area (Å²) in [6.07, 6.45) is 0. The Morgan fingerprint density at radius 3 is 1.18 bits per heavy atom. The summed E-state index contributed by atoms with van der Waals surface area (Å²) in [4.78, 5) is 0. The van der Waals surface area contributed by atoms with Gasteiger partial charge in [-0.2, -0.15) is 0 Å². The maximum absolute atomic E-state index is 6.09. The van der Waals surface area contributed by atoms with Crippen molar-refractivity contribution in [2.75, 3.05) is 11.1 Å². The highest BCUT2D eigenvalue weighted by Crippen LogP contribution is 2.34. The van der Waals surface area contributed by atoms with Crippen molar-refractivity contribution in [3.8, 4) is 0 Å². The molecule has 0 unspecified atom stereocenters. The number of anilines is 3. The number of benzene rings is 4. The molecule has 0 saturated carbocycles. The van der Waals surface area contributed by atoms with E-state index in [1.165, 1.54) is 27.9 Å². The van der Waals surface area contributed by atoms with Gasteiger partial charge in [0.15, 0.2) is 0 Å². The second-order valence-corrected chi connectivity index (χ2v) is 12.0. The number of nitrogens with two attached hydrogens (primary N) is 1. The monoisotopic (exact) mass is 586 g/mol. The maximum Gasteiger partial charge on any atom is 0.0454 e. The molecule has 0 aromatic heterocycles. The zero-order valence-corrected chi connectivity index (χ0v) is 26.6. The molecule has 0 aliphatic heterocycles. The fourth-order valence-electron chi connectivity index (χ4n) is 4.38. The molecule has 0 radical (unpaired) electrons. The first-order valence-corrected chi connectivity index (χ1v) is 14.9. The summed E-state index contributed by atoms with van der Waals surface area (Å²) in [5, 5.41) is 3.60. The Hall–Kier alpha value is -3.04. The van der Waals surface area contributed by atoms with E-state index in [9.17, 15) is 0 Å². The molecule has 4 aromatic rings. The first-order valence-electron chi connectivity index (χ1n) is 14.1. The van der Waals surface area contributed by atoms with Gasteiger partial charge in [0.1, 0.15) is 0 Å². The van der Waals surface area contributed by atoms with Crippen LogP contribution in [-0.2, 0) is 0 Å². The van der Waals surface area contributed by atoms with Crippen molar-refractivity contribution in [2.24, 2.45) is 0 Å². The molecule has 0 spiro atoms. The summed E-state index contributed by atoms with van der Waals surface area (Å²) < 4.78 is 1.13. The topological polar surface area (TPSA) is 38.0 Å². The van der Waals surface area contributed by atoms with E-state index < -0.39 is 0 Å². The standard InChI is InChI=1S/C18H23N.C12H19N.C6H5Br/c1-13(2)16-11-8-12-17(14(3)4)18(16)19-15-9-6-5-7-10-15;1-8(2)10-6-5-7-11(9(3)4)12(10)13;7-6-4-2-1-3-5-6/h5-14,19H,1-4H3;5-9H,13H2,1-4H3;1-5H. The predicted molar refractivity (Wildman–Crippen MR) is 178 cm³/mol. The molecule has 0 aliphatic carbocycles. The Balaban J connectivity index is 0.000000229. The number of halogens is 1. The summed E-state index contributed by atoms with van der Waals surface area (Å²) in [6.45, 7) is 17.7. The summed E-state index contributed by atoms with van der Waals surface area (Å²) in [5.74, 6) is 2.06. The second kappa shape index (κ2) is 16.2. The third-order valence-electron chi connectivity index (χ3n) is 6.57. The molecule has 208 valence electrons. The Kier molecular flexibility index (Phi) is 13.3. The van der Waals surface area contributed by atoms with Crippen LogP contribution in [0.2, 0.25) is 0 Å². The molecule has 0 aliphatic rings. The fourth-order valence-corrected chi connectivity index (χ4v) is 4.69. The lowest BCUT2D eigenvalue weighted by atomic mass is 9.92. The normalized spacial score (nSPS) is 10.7. The minimum atomic E-state index is 0.513. The lowest BCUT2D eigenvalue weighted by Crippen LogP contribution is -2.03. The number of rotatable bonds is 6. The molecule has 39 heavy (non-hydrogen) atoms. The van der Waals surface area contributed by atoms with Crippen LogP contribution in [-0.4, -0.2) is 0 Å². The van der Waals surface area contributed by atoms with E-state index in [-0.39, 0.29) is 0 Å². The van der Waals surface area contributed by atoms with Crippen LogP contribution in [0, 0.1) is 0 Å². The smallest absolute Gasteiger partial charge is 0.0454 e. The lowest BCUT2D eigenvalue weighted by Gasteiger charge is -2.21. The molecule has 0 amide bonds. The van der Waals surface area contributed by atoms with Gasteiger partial charge in [-0.15, -0.1) is 0 Å². The summed E-state index contributed by atoms with van der Waals surface area (Å²) in [7, 11) is 0. The van der Waals surface area contributed by atoms with Crippen molar-refractivity contribution in [3.63, 3.8) is 0 Å². The number of nitrogen functional groups attached to an aromatic ring is 1. The third kappa shape index (κ3) is 10.2. The quantitative estimate of drug-likeness (QED) is 0.220. The van der Waals surface area contributed by atoms with E-state index >= 15 is 0 Å². The van der Waals surface area contributed by atoms with Crippen LogP contribution in [0.4, 0.5) is 17.1 Å². The average molecular weight is 588 g/mol. The molecular weight excluding hydrogens is 540 g/mol. The van der Waals surface area contributed by atoms with E-state index in [0.717, 1.165) is 15.8 Å². The molecule has 0 saturated heterocycles. The van der Waals surface area contributed by atoms with Gasteiger partial charge in [0.2, 0.25) is 0 Å². The van der Waals surface area contributed by atoms with Crippen LogP contribution in [0.3, 0.4) is 0 Å². The Morgan fingerprint density at radius 2 is 0.846 bits per heavy atom. The zero-order valence-electron chi connectivity index (χ0n) is 25.0. The van der Waals surface area contributed by atoms with Gasteiger partial charge in [-0.25, -0.2) is 0 Å². The highest BCUT2D eigenvalue weighted by Gasteiger charge is 2.13. The van der Waals surface area contributed by atoms with Crippen LogP contribution in [0.5, 0.6) is 0 Å². The Bertz CT molecular complexity index is 1190. The minimum absolute atomic E-state index is 0.513. The molecule has 4 aromatic carbocycles. The number of nitrogens with one attached hydrogen (secondary N) is 1. The molecular formula is C36H47BrN2. The zero-order chi connectivity index (χ0) is 28.9. The highest BCUT2D eigenvalue weighted by molar-refractivity contribution is 9.10. The number of hydrogen-bond acceptors (Lipinski definition) is 2. The Morgan fingerprint density at radius 1 is 0.487 bits per heavy atom. The molecule has 4 rings (SSSR count). The molecule has 3 N–H and O–H groups in total. The van der Waals surface area contributed by atoms with E-state index in [1.54, 1.807) is 0 Å². The van der Waals surface area contributed by atoms with Crippen LogP contribution in [0.1, 0.15) is 101 Å². The van der Waals surface area contributed by atoms with E-state index in [2.05, 4.69) is 137 Å². The summed E-state index contributed by atoms with van der Waals surface area (Å²) >= 11 is 3.31. The fraction of sp³-hybridized carbons (Fsp3) is 0.333. The minimum Gasteiger partial charge on any atom is -0.398 e. The van der Waals surface area contributed by atoms with Gasteiger partial charge in [-0.05, 0) is 70.2 Å². The van der Waals surface area contributed by atoms with Crippen LogP contribution >= 0.6 is 15.9 Å². The molecule has 0 atom stereocenters. The first-order chi connectivity index (χ1) is 18.5. The number of hydrogen-bond donors (Lipinski definition) is 2. The molecule has 0 heterocycles. The van der Waals surface area contributed by atoms with E-state index in [4.69, 9.17) is 5.73 Å². The second-order valence-electron chi connectivity index (χ2n) is 11.1. The van der Waals surface area contributed by atoms with Gasteiger partial charge >= 0.3 is 0 Å². The van der Waals surface area contributed by atoms with Crippen LogP contribution in [0.25, 0.3) is 0 Å². The van der Waals surface area contributed by atoms with Gasteiger partial charge in [-0.3, -0.25) is 0 Å². The lowest BCUT2D eigenvalue weighted by molar-refractivity contribution is 0.838. The van der Waals surface area contributed by atoms with Gasteiger partial charge in [-0.1, -0.05) is 144 Å². The molecule has 3 heteroatoms. The van der Waals surface area contributed by atoms with E-state index in [0.29, 0.717) is 23.7 Å². The predicted octanol–water partition coefficient (Wildman–Crippen LogP) is 11.6. The molecule has 0 bridgehead atoms. The third-order valence-corrected chi connectivity index (χ3v) is 7.10. The SMILES string of the molecule is Brc1ccccc1.CC(C)c1cccc(C(C)C)c1N.CC(C)c1cccc(C(C)C)c1Nc1ccccc1. The van der Waals surface area contributed by atoms with Crippen molar-refractivity contribution >= 4 is 33.0 Å². The van der Waals surface area contributed by atoms with Gasteiger partial charge < -0.3 is 11.1 Å². The average Bonchev–Trinajstić information content (AvgIpc) is 2.90. The van der Waals surface area contributed by atoms with Gasteiger partial charge in [0.25, 0.3) is 0 Å². The van der Waals surface area contributed by atoms with Crippen LogP contribution < -0.4 is 11.1 Å². The maximum atomic E-state index is 6.09. The van der Waals surface area contributed by atoms with Crippen molar-refractivity contribution in [1.29, 1.82) is 0 Å². The van der Waals surface area contributed by atoms with Crippen molar-refractivity contribution < 1.29 is 0 Å². The summed E-state index contributed by atoms with van der Waals surface area (Å²) in [5.41, 5.74) is 14.8. The number of para-hydroxylation sites is 3. The van der Waals surface area contributed by atoms with Crippen molar-refractivity contribution in [3.05, 3.63) is 124 Å². The van der Waals surface area contributed by atoms with Gasteiger partial charge in [0, 0.05) is 21.5 Å². The highest BCUT2D eigenvalue weighted by atomic mass is 79.9. The largest absolute Gasteiger partial charge is 0.398 e. The first kappa shape index (κ1) is 32.2. The van der Waals surface area contributed by atoms with Crippen molar-refractivity contribution in [1.82, 2.24) is 0 Å². The molecule has 2 nitrogen and oxygen atoms in total. The Labute approximate surface area is 246 Å². The van der Waals surface area contributed by atoms with Gasteiger partial charge in [0.05, 0.1) is 0 Å². The van der Waals surface area contributed by atoms with Crippen LogP contribution in [0.15, 0.2) is 102 Å². The molecule has 0 fully saturated rings.